The third-order valence-electron chi connectivity index (χ3n) is 3.80. The Labute approximate surface area is 114 Å². The van der Waals surface area contributed by atoms with Gasteiger partial charge in [-0.15, -0.1) is 0 Å². The van der Waals surface area contributed by atoms with Crippen LogP contribution in [0.15, 0.2) is 24.3 Å². The largest absolute Gasteiger partial charge is 0.389 e. The summed E-state index contributed by atoms with van der Waals surface area (Å²) in [6.07, 6.45) is 1.32. The lowest BCUT2D eigenvalue weighted by Gasteiger charge is -2.33. The molecule has 3 N–H and O–H groups in total. The minimum Gasteiger partial charge on any atom is -0.389 e. The quantitative estimate of drug-likeness (QED) is 0.781. The van der Waals surface area contributed by atoms with Gasteiger partial charge in [0.2, 0.25) is 5.91 Å². The summed E-state index contributed by atoms with van der Waals surface area (Å²) in [6, 6.07) is 7.39. The zero-order chi connectivity index (χ0) is 13.9. The van der Waals surface area contributed by atoms with Gasteiger partial charge in [-0.05, 0) is 39.3 Å². The van der Waals surface area contributed by atoms with Crippen LogP contribution in [0.4, 0.5) is 5.69 Å². The molecule has 1 aromatic carbocycles. The average Bonchev–Trinajstić information content (AvgIpc) is 2.40. The van der Waals surface area contributed by atoms with Gasteiger partial charge < -0.3 is 15.7 Å². The highest BCUT2D eigenvalue weighted by Crippen LogP contribution is 2.29. The first kappa shape index (κ1) is 14.0. The van der Waals surface area contributed by atoms with Crippen molar-refractivity contribution in [2.45, 2.75) is 32.8 Å². The van der Waals surface area contributed by atoms with Crippen molar-refractivity contribution in [1.29, 1.82) is 0 Å². The van der Waals surface area contributed by atoms with E-state index < -0.39 is 6.10 Å². The Morgan fingerprint density at radius 2 is 2.21 bits per heavy atom. The molecule has 2 unspecified atom stereocenters. The number of para-hydroxylation sites is 1. The normalized spacial score (nSPS) is 24.8. The van der Waals surface area contributed by atoms with Crippen molar-refractivity contribution < 1.29 is 9.90 Å². The van der Waals surface area contributed by atoms with Crippen LogP contribution in [0.2, 0.25) is 0 Å². The van der Waals surface area contributed by atoms with Gasteiger partial charge >= 0.3 is 0 Å². The maximum atomic E-state index is 12.4. The smallest absolute Gasteiger partial charge is 0.231 e. The molecule has 0 aliphatic carbocycles. The molecule has 1 aliphatic rings. The van der Waals surface area contributed by atoms with E-state index in [4.69, 9.17) is 0 Å². The summed E-state index contributed by atoms with van der Waals surface area (Å²) in [4.78, 5) is 12.4. The number of rotatable bonds is 3. The molecule has 1 aliphatic heterocycles. The van der Waals surface area contributed by atoms with Gasteiger partial charge in [-0.1, -0.05) is 18.2 Å². The molecule has 0 bridgehead atoms. The predicted molar refractivity (Wildman–Crippen MR) is 75.9 cm³/mol. The van der Waals surface area contributed by atoms with Gasteiger partial charge in [0.25, 0.3) is 0 Å². The van der Waals surface area contributed by atoms with Gasteiger partial charge in [-0.3, -0.25) is 4.79 Å². The van der Waals surface area contributed by atoms with E-state index in [0.29, 0.717) is 12.2 Å². The zero-order valence-corrected chi connectivity index (χ0v) is 11.6. The Bertz CT molecular complexity index is 451. The van der Waals surface area contributed by atoms with Crippen LogP contribution in [-0.2, 0) is 4.79 Å². The standard InChI is InChI=1S/C15H22N2O2/c1-11(18)12-6-3-4-7-13(12)17-14(19)15(2)8-5-9-16-10-15/h3-4,6-7,11,16,18H,5,8-10H2,1-2H3,(H,17,19). The number of hydrogen-bond donors (Lipinski definition) is 3. The van der Waals surface area contributed by atoms with E-state index in [1.54, 1.807) is 6.92 Å². The van der Waals surface area contributed by atoms with Crippen LogP contribution in [0.5, 0.6) is 0 Å². The molecule has 4 heteroatoms. The van der Waals surface area contributed by atoms with Crippen LogP contribution in [0, 0.1) is 5.41 Å². The first-order chi connectivity index (χ1) is 9.03. The van der Waals surface area contributed by atoms with E-state index in [1.807, 2.05) is 31.2 Å². The molecule has 1 fully saturated rings. The number of anilines is 1. The fourth-order valence-electron chi connectivity index (χ4n) is 2.50. The van der Waals surface area contributed by atoms with Crippen molar-refractivity contribution in [2.75, 3.05) is 18.4 Å². The number of amides is 1. The molecule has 0 aromatic heterocycles. The maximum absolute atomic E-state index is 12.4. The summed E-state index contributed by atoms with van der Waals surface area (Å²) in [6.45, 7) is 5.37. The molecule has 1 aromatic rings. The number of nitrogens with one attached hydrogen (secondary N) is 2. The highest BCUT2D eigenvalue weighted by atomic mass is 16.3. The summed E-state index contributed by atoms with van der Waals surface area (Å²) >= 11 is 0. The lowest BCUT2D eigenvalue weighted by molar-refractivity contribution is -0.125. The Morgan fingerprint density at radius 3 is 2.84 bits per heavy atom. The molecule has 0 spiro atoms. The Hall–Kier alpha value is -1.39. The van der Waals surface area contributed by atoms with Crippen LogP contribution < -0.4 is 10.6 Å². The topological polar surface area (TPSA) is 61.4 Å². The molecule has 1 heterocycles. The molecule has 1 saturated heterocycles. The van der Waals surface area contributed by atoms with Crippen molar-refractivity contribution in [3.8, 4) is 0 Å². The van der Waals surface area contributed by atoms with Crippen molar-refractivity contribution in [2.24, 2.45) is 5.41 Å². The minimum absolute atomic E-state index is 0.0211. The molecular weight excluding hydrogens is 240 g/mol. The average molecular weight is 262 g/mol. The van der Waals surface area contributed by atoms with Crippen molar-refractivity contribution >= 4 is 11.6 Å². The second-order valence-electron chi connectivity index (χ2n) is 5.56. The number of carbonyl (C=O) groups excluding carboxylic acids is 1. The third kappa shape index (κ3) is 3.14. The van der Waals surface area contributed by atoms with Gasteiger partial charge in [0.05, 0.1) is 11.5 Å². The van der Waals surface area contributed by atoms with Crippen LogP contribution >= 0.6 is 0 Å². The number of aliphatic hydroxyl groups excluding tert-OH is 1. The molecule has 2 atom stereocenters. The number of benzene rings is 1. The summed E-state index contributed by atoms with van der Waals surface area (Å²) in [7, 11) is 0. The fraction of sp³-hybridized carbons (Fsp3) is 0.533. The van der Waals surface area contributed by atoms with E-state index >= 15 is 0 Å². The molecule has 104 valence electrons. The van der Waals surface area contributed by atoms with E-state index in [1.165, 1.54) is 0 Å². The van der Waals surface area contributed by atoms with Gasteiger partial charge in [-0.2, -0.15) is 0 Å². The van der Waals surface area contributed by atoms with Crippen molar-refractivity contribution in [3.63, 3.8) is 0 Å². The van der Waals surface area contributed by atoms with Gasteiger partial charge in [0.15, 0.2) is 0 Å². The number of hydrogen-bond acceptors (Lipinski definition) is 3. The molecule has 2 rings (SSSR count). The van der Waals surface area contributed by atoms with E-state index in [-0.39, 0.29) is 11.3 Å². The van der Waals surface area contributed by atoms with E-state index in [0.717, 1.165) is 24.9 Å². The molecule has 4 nitrogen and oxygen atoms in total. The third-order valence-corrected chi connectivity index (χ3v) is 3.80. The Morgan fingerprint density at radius 1 is 1.47 bits per heavy atom. The first-order valence-corrected chi connectivity index (χ1v) is 6.82. The molecule has 1 amide bonds. The Balaban J connectivity index is 2.14. The number of carbonyl (C=O) groups is 1. The van der Waals surface area contributed by atoms with Crippen LogP contribution in [0.1, 0.15) is 38.4 Å². The summed E-state index contributed by atoms with van der Waals surface area (Å²) in [5, 5.41) is 16.0. The monoisotopic (exact) mass is 262 g/mol. The number of aliphatic hydroxyl groups is 1. The SMILES string of the molecule is CC(O)c1ccccc1NC(=O)C1(C)CCCNC1. The summed E-state index contributed by atoms with van der Waals surface area (Å²) in [5.74, 6) is 0.0211. The molecular formula is C15H22N2O2. The summed E-state index contributed by atoms with van der Waals surface area (Å²) in [5.41, 5.74) is 1.09. The Kier molecular flexibility index (Phi) is 4.22. The van der Waals surface area contributed by atoms with Crippen molar-refractivity contribution in [1.82, 2.24) is 5.32 Å². The van der Waals surface area contributed by atoms with E-state index in [2.05, 4.69) is 10.6 Å². The first-order valence-electron chi connectivity index (χ1n) is 6.82. The van der Waals surface area contributed by atoms with E-state index in [9.17, 15) is 9.90 Å². The molecule has 0 saturated carbocycles. The van der Waals surface area contributed by atoms with Crippen LogP contribution in [0.25, 0.3) is 0 Å². The highest BCUT2D eigenvalue weighted by Gasteiger charge is 2.34. The van der Waals surface area contributed by atoms with Gasteiger partial charge in [0.1, 0.15) is 0 Å². The van der Waals surface area contributed by atoms with Gasteiger partial charge in [-0.25, -0.2) is 0 Å². The number of piperidine rings is 1. The van der Waals surface area contributed by atoms with Crippen LogP contribution in [0.3, 0.4) is 0 Å². The van der Waals surface area contributed by atoms with Crippen LogP contribution in [-0.4, -0.2) is 24.1 Å². The maximum Gasteiger partial charge on any atom is 0.231 e. The summed E-state index contributed by atoms with van der Waals surface area (Å²) < 4.78 is 0. The lowest BCUT2D eigenvalue weighted by atomic mass is 9.82. The minimum atomic E-state index is -0.589. The lowest BCUT2D eigenvalue weighted by Crippen LogP contribution is -2.46. The highest BCUT2D eigenvalue weighted by molar-refractivity contribution is 5.96. The second-order valence-corrected chi connectivity index (χ2v) is 5.56. The second kappa shape index (κ2) is 5.72. The zero-order valence-electron chi connectivity index (χ0n) is 11.6. The predicted octanol–water partition coefficient (Wildman–Crippen LogP) is 2.07. The molecule has 19 heavy (non-hydrogen) atoms. The van der Waals surface area contributed by atoms with Crippen molar-refractivity contribution in [3.05, 3.63) is 29.8 Å². The fourth-order valence-corrected chi connectivity index (χ4v) is 2.50. The molecule has 0 radical (unpaired) electrons. The van der Waals surface area contributed by atoms with Gasteiger partial charge in [0, 0.05) is 17.8 Å².